The van der Waals surface area contributed by atoms with Gasteiger partial charge in [-0.05, 0) is 19.8 Å². The molecule has 8 heteroatoms. The lowest BCUT2D eigenvalue weighted by atomic mass is 9.99. The first-order valence-electron chi connectivity index (χ1n) is 7.00. The number of likely N-dealkylation sites (tertiary alicyclic amines) is 1. The summed E-state index contributed by atoms with van der Waals surface area (Å²) in [6, 6.07) is -1.09. The van der Waals surface area contributed by atoms with E-state index < -0.39 is 24.0 Å². The van der Waals surface area contributed by atoms with Gasteiger partial charge < -0.3 is 25.4 Å². The zero-order valence-electron chi connectivity index (χ0n) is 12.4. The molecule has 1 aliphatic heterocycles. The van der Waals surface area contributed by atoms with E-state index in [1.165, 1.54) is 12.0 Å². The lowest BCUT2D eigenvalue weighted by Gasteiger charge is -2.31. The van der Waals surface area contributed by atoms with E-state index in [-0.39, 0.29) is 12.5 Å². The summed E-state index contributed by atoms with van der Waals surface area (Å²) in [4.78, 5) is 36.2. The van der Waals surface area contributed by atoms with E-state index in [1.54, 1.807) is 6.92 Å². The highest BCUT2D eigenvalue weighted by atomic mass is 16.5. The summed E-state index contributed by atoms with van der Waals surface area (Å²) in [7, 11) is 1.53. The Kier molecular flexibility index (Phi) is 6.93. The Hall–Kier alpha value is -1.83. The standard InChI is InChI=1S/C13H23N3O5/c1-9(11(17)14-5-7-21-2)15-13(20)16-6-3-4-10(8-16)12(18)19/h9-10H,3-8H2,1-2H3,(H,14,17)(H,15,20)(H,18,19)/t9?,10-/m1/s1. The number of carboxylic acids is 1. The summed E-state index contributed by atoms with van der Waals surface area (Å²) < 4.78 is 4.82. The van der Waals surface area contributed by atoms with Gasteiger partial charge in [-0.3, -0.25) is 9.59 Å². The molecule has 3 amide bonds. The monoisotopic (exact) mass is 301 g/mol. The molecular formula is C13H23N3O5. The maximum Gasteiger partial charge on any atom is 0.318 e. The third kappa shape index (κ3) is 5.58. The van der Waals surface area contributed by atoms with Crippen molar-refractivity contribution in [3.63, 3.8) is 0 Å². The molecule has 0 saturated carbocycles. The van der Waals surface area contributed by atoms with Crippen molar-refractivity contribution in [1.29, 1.82) is 0 Å². The Morgan fingerprint density at radius 1 is 1.43 bits per heavy atom. The number of carbonyl (C=O) groups is 3. The summed E-state index contributed by atoms with van der Waals surface area (Å²) in [5.74, 6) is -1.72. The van der Waals surface area contributed by atoms with E-state index in [4.69, 9.17) is 9.84 Å². The van der Waals surface area contributed by atoms with Crippen LogP contribution in [0.3, 0.4) is 0 Å². The van der Waals surface area contributed by atoms with Crippen molar-refractivity contribution in [1.82, 2.24) is 15.5 Å². The van der Waals surface area contributed by atoms with Crippen LogP contribution in [0, 0.1) is 5.92 Å². The third-order valence-corrected chi connectivity index (χ3v) is 3.40. The molecule has 0 bridgehead atoms. The van der Waals surface area contributed by atoms with Crippen LogP contribution in [0.15, 0.2) is 0 Å². The molecule has 1 saturated heterocycles. The molecule has 8 nitrogen and oxygen atoms in total. The molecule has 120 valence electrons. The van der Waals surface area contributed by atoms with Crippen LogP contribution in [0.4, 0.5) is 4.79 Å². The highest BCUT2D eigenvalue weighted by Crippen LogP contribution is 2.16. The maximum atomic E-state index is 12.0. The number of aliphatic carboxylic acids is 1. The molecule has 1 aliphatic rings. The molecule has 0 radical (unpaired) electrons. The van der Waals surface area contributed by atoms with Crippen molar-refractivity contribution in [2.24, 2.45) is 5.92 Å². The molecule has 0 aromatic heterocycles. The van der Waals surface area contributed by atoms with Gasteiger partial charge >= 0.3 is 12.0 Å². The van der Waals surface area contributed by atoms with Crippen LogP contribution in [0.25, 0.3) is 0 Å². The number of hydrogen-bond acceptors (Lipinski definition) is 4. The minimum Gasteiger partial charge on any atom is -0.481 e. The van der Waals surface area contributed by atoms with Crippen LogP contribution >= 0.6 is 0 Å². The van der Waals surface area contributed by atoms with Crippen LogP contribution in [-0.2, 0) is 14.3 Å². The lowest BCUT2D eigenvalue weighted by molar-refractivity contribution is -0.143. The number of methoxy groups -OCH3 is 1. The van der Waals surface area contributed by atoms with E-state index in [9.17, 15) is 14.4 Å². The van der Waals surface area contributed by atoms with Crippen LogP contribution < -0.4 is 10.6 Å². The van der Waals surface area contributed by atoms with Crippen LogP contribution in [-0.4, -0.2) is 67.3 Å². The van der Waals surface area contributed by atoms with Crippen LogP contribution in [0.1, 0.15) is 19.8 Å². The largest absolute Gasteiger partial charge is 0.481 e. The molecule has 2 atom stereocenters. The van der Waals surface area contributed by atoms with Crippen molar-refractivity contribution in [2.75, 3.05) is 33.4 Å². The minimum absolute atomic E-state index is 0.180. The van der Waals surface area contributed by atoms with Crippen molar-refractivity contribution in [2.45, 2.75) is 25.8 Å². The number of rotatable bonds is 6. The number of urea groups is 1. The Morgan fingerprint density at radius 3 is 2.76 bits per heavy atom. The molecule has 0 spiro atoms. The van der Waals surface area contributed by atoms with Gasteiger partial charge in [-0.25, -0.2) is 4.79 Å². The molecule has 0 aromatic rings. The molecule has 1 heterocycles. The fourth-order valence-electron chi connectivity index (χ4n) is 2.13. The smallest absolute Gasteiger partial charge is 0.318 e. The predicted molar refractivity (Wildman–Crippen MR) is 74.8 cm³/mol. The maximum absolute atomic E-state index is 12.0. The van der Waals surface area contributed by atoms with Crippen molar-refractivity contribution < 1.29 is 24.2 Å². The number of carboxylic acid groups (broad SMARTS) is 1. The number of piperidine rings is 1. The zero-order valence-corrected chi connectivity index (χ0v) is 12.4. The van der Waals surface area contributed by atoms with Crippen molar-refractivity contribution >= 4 is 17.9 Å². The molecule has 1 unspecified atom stereocenters. The Labute approximate surface area is 123 Å². The van der Waals surface area contributed by atoms with Gasteiger partial charge in [0.05, 0.1) is 12.5 Å². The minimum atomic E-state index is -0.891. The number of amides is 3. The summed E-state index contributed by atoms with van der Waals surface area (Å²) in [6.07, 6.45) is 1.23. The second kappa shape index (κ2) is 8.46. The summed E-state index contributed by atoms with van der Waals surface area (Å²) in [6.45, 7) is 3.05. The fraction of sp³-hybridized carbons (Fsp3) is 0.769. The molecule has 3 N–H and O–H groups in total. The molecule has 0 aromatic carbocycles. The Bertz CT molecular complexity index is 388. The van der Waals surface area contributed by atoms with Gasteiger partial charge in [-0.2, -0.15) is 0 Å². The molecular weight excluding hydrogens is 278 g/mol. The van der Waals surface area contributed by atoms with E-state index in [0.717, 1.165) is 0 Å². The van der Waals surface area contributed by atoms with Crippen LogP contribution in [0.2, 0.25) is 0 Å². The highest BCUT2D eigenvalue weighted by molar-refractivity contribution is 5.86. The predicted octanol–water partition coefficient (Wildman–Crippen LogP) is -0.356. The van der Waals surface area contributed by atoms with Gasteiger partial charge in [-0.1, -0.05) is 0 Å². The van der Waals surface area contributed by atoms with Crippen molar-refractivity contribution in [3.05, 3.63) is 0 Å². The van der Waals surface area contributed by atoms with E-state index in [2.05, 4.69) is 10.6 Å². The molecule has 21 heavy (non-hydrogen) atoms. The average molecular weight is 301 g/mol. The number of ether oxygens (including phenoxy) is 1. The first-order valence-corrected chi connectivity index (χ1v) is 7.00. The lowest BCUT2D eigenvalue weighted by Crippen LogP contribution is -2.52. The average Bonchev–Trinajstić information content (AvgIpc) is 2.47. The van der Waals surface area contributed by atoms with E-state index >= 15 is 0 Å². The Morgan fingerprint density at radius 2 is 2.14 bits per heavy atom. The Balaban J connectivity index is 2.41. The van der Waals surface area contributed by atoms with Gasteiger partial charge in [0.1, 0.15) is 6.04 Å². The van der Waals surface area contributed by atoms with Gasteiger partial charge in [0.15, 0.2) is 0 Å². The van der Waals surface area contributed by atoms with E-state index in [0.29, 0.717) is 32.5 Å². The normalized spacial score (nSPS) is 19.7. The van der Waals surface area contributed by atoms with Crippen LogP contribution in [0.5, 0.6) is 0 Å². The number of nitrogens with zero attached hydrogens (tertiary/aromatic N) is 1. The number of nitrogens with one attached hydrogen (secondary N) is 2. The summed E-state index contributed by atoms with van der Waals surface area (Å²) >= 11 is 0. The first-order chi connectivity index (χ1) is 9.95. The third-order valence-electron chi connectivity index (χ3n) is 3.40. The van der Waals surface area contributed by atoms with E-state index in [1.807, 2.05) is 0 Å². The second-order valence-electron chi connectivity index (χ2n) is 5.08. The fourth-order valence-corrected chi connectivity index (χ4v) is 2.13. The summed E-state index contributed by atoms with van der Waals surface area (Å²) in [5.41, 5.74) is 0. The quantitative estimate of drug-likeness (QED) is 0.581. The second-order valence-corrected chi connectivity index (χ2v) is 5.08. The van der Waals surface area contributed by atoms with Gasteiger partial charge in [0, 0.05) is 26.7 Å². The highest BCUT2D eigenvalue weighted by Gasteiger charge is 2.29. The van der Waals surface area contributed by atoms with Gasteiger partial charge in [0.25, 0.3) is 0 Å². The number of hydrogen-bond donors (Lipinski definition) is 3. The molecule has 1 fully saturated rings. The van der Waals surface area contributed by atoms with Gasteiger partial charge in [0.2, 0.25) is 5.91 Å². The van der Waals surface area contributed by atoms with Gasteiger partial charge in [-0.15, -0.1) is 0 Å². The topological polar surface area (TPSA) is 108 Å². The zero-order chi connectivity index (χ0) is 15.8. The first kappa shape index (κ1) is 17.2. The summed E-state index contributed by atoms with van der Waals surface area (Å²) in [5, 5.41) is 14.2. The van der Waals surface area contributed by atoms with Crippen molar-refractivity contribution in [3.8, 4) is 0 Å². The molecule has 0 aliphatic carbocycles. The number of carbonyl (C=O) groups excluding carboxylic acids is 2. The molecule has 1 rings (SSSR count). The SMILES string of the molecule is COCCNC(=O)C(C)NC(=O)N1CCC[C@@H](C(=O)O)C1.